The molecule has 0 spiro atoms. The van der Waals surface area contributed by atoms with Crippen molar-refractivity contribution in [3.63, 3.8) is 0 Å². The molecule has 3 heterocycles. The number of ether oxygens (including phenoxy) is 1. The van der Waals surface area contributed by atoms with Gasteiger partial charge in [-0.2, -0.15) is 0 Å². The summed E-state index contributed by atoms with van der Waals surface area (Å²) >= 11 is 2.37. The van der Waals surface area contributed by atoms with Gasteiger partial charge in [0.15, 0.2) is 0 Å². The average molecular weight is 338 g/mol. The smallest absolute Gasteiger partial charge is 0.294 e. The van der Waals surface area contributed by atoms with Gasteiger partial charge in [-0.3, -0.25) is 19.3 Å². The first kappa shape index (κ1) is 15.3. The van der Waals surface area contributed by atoms with Crippen molar-refractivity contribution in [1.82, 2.24) is 9.80 Å². The van der Waals surface area contributed by atoms with Gasteiger partial charge in [-0.25, -0.2) is 0 Å². The monoisotopic (exact) mass is 338 g/mol. The Balaban J connectivity index is 1.68. The maximum atomic E-state index is 12.3. The minimum atomic E-state index is -0.398. The molecular weight excluding hydrogens is 324 g/mol. The van der Waals surface area contributed by atoms with Gasteiger partial charge >= 0.3 is 0 Å². The minimum absolute atomic E-state index is 0.202. The van der Waals surface area contributed by atoms with E-state index in [0.29, 0.717) is 31.2 Å². The van der Waals surface area contributed by atoms with E-state index in [-0.39, 0.29) is 12.5 Å². The Kier molecular flexibility index (Phi) is 4.60. The Bertz CT molecular complexity index is 621. The predicted octanol–water partition coefficient (Wildman–Crippen LogP) is 1.64. The molecule has 3 rings (SSSR count). The highest BCUT2D eigenvalue weighted by Crippen LogP contribution is 2.32. The molecule has 8 heteroatoms. The van der Waals surface area contributed by atoms with E-state index in [1.54, 1.807) is 11.0 Å². The Morgan fingerprint density at radius 1 is 1.32 bits per heavy atom. The molecule has 2 aliphatic heterocycles. The molecule has 2 aliphatic rings. The number of amides is 3. The average Bonchev–Trinajstić information content (AvgIpc) is 3.12. The van der Waals surface area contributed by atoms with E-state index >= 15 is 0 Å². The molecule has 0 bridgehead atoms. The van der Waals surface area contributed by atoms with Crippen LogP contribution in [0.4, 0.5) is 4.79 Å². The van der Waals surface area contributed by atoms with Gasteiger partial charge < -0.3 is 9.64 Å². The summed E-state index contributed by atoms with van der Waals surface area (Å²) in [5.74, 6) is -0.618. The molecule has 1 aromatic rings. The number of carbonyl (C=O) groups is 3. The summed E-state index contributed by atoms with van der Waals surface area (Å²) in [6, 6.07) is 3.75. The highest BCUT2D eigenvalue weighted by Gasteiger charge is 2.37. The van der Waals surface area contributed by atoms with Gasteiger partial charge in [0.05, 0.1) is 18.1 Å². The lowest BCUT2D eigenvalue weighted by atomic mass is 10.3. The van der Waals surface area contributed by atoms with Crippen LogP contribution in [-0.2, 0) is 14.3 Å². The maximum absolute atomic E-state index is 12.3. The fourth-order valence-electron chi connectivity index (χ4n) is 2.19. The number of imide groups is 1. The zero-order chi connectivity index (χ0) is 15.5. The summed E-state index contributed by atoms with van der Waals surface area (Å²) in [5.41, 5.74) is 0. The molecule has 3 amide bonds. The van der Waals surface area contributed by atoms with E-state index in [2.05, 4.69) is 0 Å². The number of thiophene rings is 1. The standard InChI is InChI=1S/C14H14N2O4S2/c17-12(15-3-5-20-6-4-15)9-16-13(18)11(22-14(16)19)8-10-2-1-7-21-10/h1-2,7-8H,3-6,9H2/b11-8-. The van der Waals surface area contributed by atoms with Gasteiger partial charge in [0.25, 0.3) is 11.1 Å². The minimum Gasteiger partial charge on any atom is -0.378 e. The summed E-state index contributed by atoms with van der Waals surface area (Å²) in [5, 5.41) is 1.51. The first-order valence-electron chi connectivity index (χ1n) is 6.79. The molecule has 0 unspecified atom stereocenters. The largest absolute Gasteiger partial charge is 0.378 e. The Labute approximate surface area is 135 Å². The van der Waals surface area contributed by atoms with Gasteiger partial charge in [-0.05, 0) is 29.3 Å². The molecule has 2 fully saturated rings. The van der Waals surface area contributed by atoms with Crippen molar-refractivity contribution in [2.45, 2.75) is 0 Å². The van der Waals surface area contributed by atoms with Crippen molar-refractivity contribution in [3.05, 3.63) is 27.3 Å². The third kappa shape index (κ3) is 3.23. The van der Waals surface area contributed by atoms with E-state index in [9.17, 15) is 14.4 Å². The molecular formula is C14H14N2O4S2. The van der Waals surface area contributed by atoms with Crippen molar-refractivity contribution >= 4 is 46.2 Å². The third-order valence-corrected chi connectivity index (χ3v) is 5.07. The number of morpholine rings is 1. The quantitative estimate of drug-likeness (QED) is 0.784. The number of hydrogen-bond donors (Lipinski definition) is 0. The number of carbonyl (C=O) groups excluding carboxylic acids is 3. The van der Waals surface area contributed by atoms with E-state index < -0.39 is 11.1 Å². The summed E-state index contributed by atoms with van der Waals surface area (Å²) in [6.07, 6.45) is 1.69. The molecule has 0 radical (unpaired) electrons. The zero-order valence-electron chi connectivity index (χ0n) is 11.7. The fraction of sp³-hybridized carbons (Fsp3) is 0.357. The Morgan fingerprint density at radius 3 is 2.77 bits per heavy atom. The topological polar surface area (TPSA) is 66.9 Å². The van der Waals surface area contributed by atoms with Crippen LogP contribution >= 0.6 is 23.1 Å². The van der Waals surface area contributed by atoms with Crippen molar-refractivity contribution in [2.75, 3.05) is 32.8 Å². The normalized spacial score (nSPS) is 21.0. The van der Waals surface area contributed by atoms with Crippen LogP contribution in [0.5, 0.6) is 0 Å². The van der Waals surface area contributed by atoms with Crippen LogP contribution in [0.3, 0.4) is 0 Å². The molecule has 6 nitrogen and oxygen atoms in total. The fourth-order valence-corrected chi connectivity index (χ4v) is 3.75. The summed E-state index contributed by atoms with van der Waals surface area (Å²) in [7, 11) is 0. The van der Waals surface area contributed by atoms with Crippen LogP contribution < -0.4 is 0 Å². The van der Waals surface area contributed by atoms with E-state index in [0.717, 1.165) is 21.5 Å². The SMILES string of the molecule is O=C(CN1C(=O)S/C(=C\c2cccs2)C1=O)N1CCOCC1. The summed E-state index contributed by atoms with van der Waals surface area (Å²) in [4.78, 5) is 40.3. The van der Waals surface area contributed by atoms with Crippen LogP contribution in [0.2, 0.25) is 0 Å². The van der Waals surface area contributed by atoms with Crippen LogP contribution in [0, 0.1) is 0 Å². The maximum Gasteiger partial charge on any atom is 0.294 e. The second-order valence-electron chi connectivity index (χ2n) is 4.78. The summed E-state index contributed by atoms with van der Waals surface area (Å²) < 4.78 is 5.18. The molecule has 0 atom stereocenters. The van der Waals surface area contributed by atoms with E-state index in [1.807, 2.05) is 17.5 Å². The van der Waals surface area contributed by atoms with E-state index in [1.165, 1.54) is 11.3 Å². The lowest BCUT2D eigenvalue weighted by Crippen LogP contribution is -2.46. The lowest BCUT2D eigenvalue weighted by molar-refractivity contribution is -0.139. The second-order valence-corrected chi connectivity index (χ2v) is 6.75. The van der Waals surface area contributed by atoms with Gasteiger partial charge in [-0.15, -0.1) is 11.3 Å². The molecule has 0 aromatic carbocycles. The van der Waals surface area contributed by atoms with Gasteiger partial charge in [0, 0.05) is 18.0 Å². The highest BCUT2D eigenvalue weighted by molar-refractivity contribution is 8.18. The number of nitrogens with zero attached hydrogens (tertiary/aromatic N) is 2. The molecule has 0 saturated carbocycles. The predicted molar refractivity (Wildman–Crippen MR) is 84.4 cm³/mol. The van der Waals surface area contributed by atoms with Crippen LogP contribution in [-0.4, -0.2) is 59.7 Å². The van der Waals surface area contributed by atoms with Crippen LogP contribution in [0.15, 0.2) is 22.4 Å². The van der Waals surface area contributed by atoms with Crippen LogP contribution in [0.1, 0.15) is 4.88 Å². The number of hydrogen-bond acceptors (Lipinski definition) is 6. The molecule has 1 aromatic heterocycles. The van der Waals surface area contributed by atoms with Crippen molar-refractivity contribution in [3.8, 4) is 0 Å². The van der Waals surface area contributed by atoms with Gasteiger partial charge in [-0.1, -0.05) is 6.07 Å². The molecule has 0 N–H and O–H groups in total. The lowest BCUT2D eigenvalue weighted by Gasteiger charge is -2.27. The molecule has 0 aliphatic carbocycles. The Morgan fingerprint density at radius 2 is 2.09 bits per heavy atom. The molecule has 22 heavy (non-hydrogen) atoms. The van der Waals surface area contributed by atoms with Crippen LogP contribution in [0.25, 0.3) is 6.08 Å². The number of thioether (sulfide) groups is 1. The molecule has 2 saturated heterocycles. The highest BCUT2D eigenvalue weighted by atomic mass is 32.2. The second kappa shape index (κ2) is 6.64. The van der Waals surface area contributed by atoms with Crippen molar-refractivity contribution in [1.29, 1.82) is 0 Å². The first-order valence-corrected chi connectivity index (χ1v) is 8.49. The van der Waals surface area contributed by atoms with Crippen molar-refractivity contribution < 1.29 is 19.1 Å². The Hall–Kier alpha value is -1.64. The summed E-state index contributed by atoms with van der Waals surface area (Å²) in [6.45, 7) is 1.78. The zero-order valence-corrected chi connectivity index (χ0v) is 13.3. The number of rotatable bonds is 3. The first-order chi connectivity index (χ1) is 10.6. The van der Waals surface area contributed by atoms with Gasteiger partial charge in [0.2, 0.25) is 5.91 Å². The van der Waals surface area contributed by atoms with Gasteiger partial charge in [0.1, 0.15) is 6.54 Å². The van der Waals surface area contributed by atoms with Crippen molar-refractivity contribution in [2.24, 2.45) is 0 Å². The van der Waals surface area contributed by atoms with E-state index in [4.69, 9.17) is 4.74 Å². The third-order valence-electron chi connectivity index (χ3n) is 3.35. The molecule has 116 valence electrons.